The van der Waals surface area contributed by atoms with Crippen molar-refractivity contribution in [2.24, 2.45) is 0 Å². The number of esters is 1. The lowest BCUT2D eigenvalue weighted by atomic mass is 10.3. The highest BCUT2D eigenvalue weighted by molar-refractivity contribution is 14.1. The van der Waals surface area contributed by atoms with Gasteiger partial charge in [-0.25, -0.2) is 9.78 Å². The molecular weight excluding hydrogens is 330 g/mol. The molecule has 0 aromatic carbocycles. The minimum absolute atomic E-state index is 0.336. The minimum Gasteiger partial charge on any atom is -0.465 e. The maximum Gasteiger partial charge on any atom is 0.340 e. The van der Waals surface area contributed by atoms with Crippen LogP contribution in [0.3, 0.4) is 0 Å². The molecule has 78 valence electrons. The lowest BCUT2D eigenvalue weighted by molar-refractivity contribution is 0.0600. The van der Waals surface area contributed by atoms with E-state index >= 15 is 0 Å². The van der Waals surface area contributed by atoms with Crippen LogP contribution >= 0.6 is 34.2 Å². The molecule has 15 heavy (non-hydrogen) atoms. The summed E-state index contributed by atoms with van der Waals surface area (Å²) in [5, 5.41) is 0.344. The number of aromatic nitrogens is 2. The topological polar surface area (TPSA) is 43.6 Å². The van der Waals surface area contributed by atoms with Crippen molar-refractivity contribution in [1.29, 1.82) is 0 Å². The molecule has 2 aromatic heterocycles. The Morgan fingerprint density at radius 2 is 2.40 bits per heavy atom. The van der Waals surface area contributed by atoms with Gasteiger partial charge in [0, 0.05) is 12.3 Å². The predicted octanol–water partition coefficient (Wildman–Crippen LogP) is 2.38. The zero-order valence-corrected chi connectivity index (χ0v) is 10.6. The molecule has 2 heterocycles. The first kappa shape index (κ1) is 10.7. The number of rotatable bonds is 1. The molecule has 0 aliphatic carbocycles. The second-order valence-electron chi connectivity index (χ2n) is 2.84. The first-order chi connectivity index (χ1) is 7.13. The summed E-state index contributed by atoms with van der Waals surface area (Å²) < 4.78 is 7.31. The summed E-state index contributed by atoms with van der Waals surface area (Å²) in [5.74, 6) is -0.452. The van der Waals surface area contributed by atoms with Gasteiger partial charge in [0.2, 0.25) is 0 Å². The molecule has 0 saturated heterocycles. The van der Waals surface area contributed by atoms with Gasteiger partial charge in [0.15, 0.2) is 0 Å². The van der Waals surface area contributed by atoms with Gasteiger partial charge in [-0.3, -0.25) is 4.40 Å². The summed E-state index contributed by atoms with van der Waals surface area (Å²) in [6.07, 6.45) is 3.32. The highest BCUT2D eigenvalue weighted by Gasteiger charge is 2.13. The minimum atomic E-state index is -0.452. The Labute approximate surface area is 104 Å². The quantitative estimate of drug-likeness (QED) is 0.593. The number of nitrogens with zero attached hydrogens (tertiary/aromatic N) is 2. The summed E-state index contributed by atoms with van der Waals surface area (Å²) in [4.78, 5) is 15.5. The Balaban J connectivity index is 2.70. The van der Waals surface area contributed by atoms with Gasteiger partial charge in [-0.15, -0.1) is 0 Å². The van der Waals surface area contributed by atoms with Crippen molar-refractivity contribution in [2.45, 2.75) is 0 Å². The van der Waals surface area contributed by atoms with Crippen LogP contribution in [0.25, 0.3) is 5.65 Å². The van der Waals surface area contributed by atoms with E-state index in [1.165, 1.54) is 7.11 Å². The summed E-state index contributed by atoms with van der Waals surface area (Å²) >= 11 is 8.05. The van der Waals surface area contributed by atoms with Crippen LogP contribution in [-0.4, -0.2) is 22.5 Å². The predicted molar refractivity (Wildman–Crippen MR) is 64.3 cm³/mol. The number of carbonyl (C=O) groups excluding carboxylic acids is 1. The van der Waals surface area contributed by atoms with Gasteiger partial charge in [-0.05, 0) is 22.6 Å². The van der Waals surface area contributed by atoms with E-state index in [4.69, 9.17) is 11.6 Å². The van der Waals surface area contributed by atoms with Gasteiger partial charge in [0.1, 0.15) is 9.35 Å². The monoisotopic (exact) mass is 336 g/mol. The fourth-order valence-corrected chi connectivity index (χ4v) is 1.98. The van der Waals surface area contributed by atoms with Crippen molar-refractivity contribution < 1.29 is 9.53 Å². The maximum absolute atomic E-state index is 11.4. The molecule has 0 N–H and O–H groups in total. The standard InChI is InChI=1S/C9H6ClIN2O2/c1-15-9(14)5-4-13-7(11)3-12-8(13)2-6(5)10/h2-4H,1H3. The number of hydrogen-bond donors (Lipinski definition) is 0. The fourth-order valence-electron chi connectivity index (χ4n) is 1.23. The number of halogens is 2. The van der Waals surface area contributed by atoms with Crippen LogP contribution in [0.2, 0.25) is 5.02 Å². The Morgan fingerprint density at radius 3 is 3.07 bits per heavy atom. The van der Waals surface area contributed by atoms with Crippen molar-refractivity contribution in [3.63, 3.8) is 0 Å². The zero-order valence-electron chi connectivity index (χ0n) is 7.70. The van der Waals surface area contributed by atoms with Gasteiger partial charge in [0.05, 0.1) is 23.9 Å². The molecule has 0 spiro atoms. The van der Waals surface area contributed by atoms with Crippen molar-refractivity contribution in [1.82, 2.24) is 9.38 Å². The molecular formula is C9H6ClIN2O2. The second kappa shape index (κ2) is 3.97. The molecule has 0 amide bonds. The highest BCUT2D eigenvalue weighted by atomic mass is 127. The summed E-state index contributed by atoms with van der Waals surface area (Å²) in [5.41, 5.74) is 1.04. The molecule has 0 atom stereocenters. The smallest absolute Gasteiger partial charge is 0.340 e. The van der Waals surface area contributed by atoms with Crippen molar-refractivity contribution in [2.75, 3.05) is 7.11 Å². The average Bonchev–Trinajstić information content (AvgIpc) is 2.58. The third-order valence-electron chi connectivity index (χ3n) is 1.96. The molecule has 0 saturated carbocycles. The van der Waals surface area contributed by atoms with E-state index in [2.05, 4.69) is 32.3 Å². The van der Waals surface area contributed by atoms with Crippen LogP contribution in [0, 0.1) is 3.70 Å². The van der Waals surface area contributed by atoms with E-state index in [-0.39, 0.29) is 0 Å². The highest BCUT2D eigenvalue weighted by Crippen LogP contribution is 2.20. The van der Waals surface area contributed by atoms with Gasteiger partial charge in [-0.1, -0.05) is 11.6 Å². The molecule has 0 bridgehead atoms. The van der Waals surface area contributed by atoms with E-state index < -0.39 is 5.97 Å². The van der Waals surface area contributed by atoms with Crippen molar-refractivity contribution in [3.8, 4) is 0 Å². The summed E-state index contributed by atoms with van der Waals surface area (Å²) in [6, 6.07) is 1.63. The van der Waals surface area contributed by atoms with Crippen LogP contribution in [0.5, 0.6) is 0 Å². The fraction of sp³-hybridized carbons (Fsp3) is 0.111. The van der Waals surface area contributed by atoms with Crippen LogP contribution in [-0.2, 0) is 4.74 Å². The average molecular weight is 337 g/mol. The molecule has 0 aliphatic heterocycles. The molecule has 2 rings (SSSR count). The number of carbonyl (C=O) groups is 1. The molecule has 4 nitrogen and oxygen atoms in total. The van der Waals surface area contributed by atoms with Crippen LogP contribution in [0.1, 0.15) is 10.4 Å². The molecule has 2 aromatic rings. The van der Waals surface area contributed by atoms with E-state index in [0.717, 1.165) is 3.70 Å². The molecule has 0 unspecified atom stereocenters. The Hall–Kier alpha value is -0.820. The van der Waals surface area contributed by atoms with Gasteiger partial charge >= 0.3 is 5.97 Å². The number of ether oxygens (including phenoxy) is 1. The molecule has 0 fully saturated rings. The van der Waals surface area contributed by atoms with E-state index in [9.17, 15) is 4.79 Å². The van der Waals surface area contributed by atoms with Gasteiger partial charge < -0.3 is 4.74 Å². The molecule has 6 heteroatoms. The summed E-state index contributed by atoms with van der Waals surface area (Å²) in [7, 11) is 1.32. The number of imidazole rings is 1. The first-order valence-electron chi connectivity index (χ1n) is 4.04. The lowest BCUT2D eigenvalue weighted by Crippen LogP contribution is -2.04. The number of hydrogen-bond acceptors (Lipinski definition) is 3. The zero-order chi connectivity index (χ0) is 11.0. The Kier molecular flexibility index (Phi) is 2.83. The Bertz CT molecular complexity index is 538. The van der Waals surface area contributed by atoms with Crippen molar-refractivity contribution >= 4 is 45.8 Å². The lowest BCUT2D eigenvalue weighted by Gasteiger charge is -2.03. The number of fused-ring (bicyclic) bond motifs is 1. The Morgan fingerprint density at radius 1 is 1.67 bits per heavy atom. The molecule has 0 aliphatic rings. The van der Waals surface area contributed by atoms with E-state index in [1.54, 1.807) is 22.9 Å². The summed E-state index contributed by atoms with van der Waals surface area (Å²) in [6.45, 7) is 0. The first-order valence-corrected chi connectivity index (χ1v) is 5.49. The van der Waals surface area contributed by atoms with Crippen LogP contribution in [0.15, 0.2) is 18.5 Å². The van der Waals surface area contributed by atoms with Gasteiger partial charge in [-0.2, -0.15) is 0 Å². The van der Waals surface area contributed by atoms with Crippen molar-refractivity contribution in [3.05, 3.63) is 32.7 Å². The third kappa shape index (κ3) is 1.81. The largest absolute Gasteiger partial charge is 0.465 e. The molecule has 0 radical (unpaired) electrons. The van der Waals surface area contributed by atoms with Gasteiger partial charge in [0.25, 0.3) is 0 Å². The third-order valence-corrected chi connectivity index (χ3v) is 3.07. The van der Waals surface area contributed by atoms with E-state index in [0.29, 0.717) is 16.2 Å². The maximum atomic E-state index is 11.4. The van der Waals surface area contributed by atoms with Crippen LogP contribution < -0.4 is 0 Å². The normalized spacial score (nSPS) is 10.6. The SMILES string of the molecule is COC(=O)c1cn2c(I)cnc2cc1Cl. The van der Waals surface area contributed by atoms with Crippen LogP contribution in [0.4, 0.5) is 0 Å². The van der Waals surface area contributed by atoms with E-state index in [1.807, 2.05) is 0 Å². The number of pyridine rings is 1. The number of methoxy groups -OCH3 is 1. The second-order valence-corrected chi connectivity index (χ2v) is 4.35.